The normalized spacial score (nSPS) is 24.1. The minimum absolute atomic E-state index is 0.0649. The fraction of sp³-hybridized carbons (Fsp3) is 0.364. The lowest BCUT2D eigenvalue weighted by Gasteiger charge is -2.28. The van der Waals surface area contributed by atoms with Gasteiger partial charge in [-0.2, -0.15) is 0 Å². The van der Waals surface area contributed by atoms with E-state index in [2.05, 4.69) is 0 Å². The molecule has 0 spiro atoms. The van der Waals surface area contributed by atoms with Gasteiger partial charge in [-0.15, -0.1) is 0 Å². The van der Waals surface area contributed by atoms with Crippen LogP contribution in [0, 0.1) is 5.92 Å². The molecule has 0 fully saturated rings. The van der Waals surface area contributed by atoms with E-state index in [0.29, 0.717) is 5.02 Å². The molecule has 0 saturated carbocycles. The third kappa shape index (κ3) is 1.79. The molecule has 0 saturated heterocycles. The summed E-state index contributed by atoms with van der Waals surface area (Å²) in [5.41, 5.74) is 0.876. The molecule has 4 heteroatoms. The van der Waals surface area contributed by atoms with E-state index in [1.54, 1.807) is 18.2 Å². The van der Waals surface area contributed by atoms with Crippen molar-refractivity contribution in [2.45, 2.75) is 12.8 Å². The molecule has 2 unspecified atom stereocenters. The van der Waals surface area contributed by atoms with Crippen LogP contribution >= 0.6 is 11.6 Å². The molecule has 0 radical (unpaired) electrons. The zero-order chi connectivity index (χ0) is 11.0. The van der Waals surface area contributed by atoms with Gasteiger partial charge in [0.1, 0.15) is 12.4 Å². The maximum absolute atomic E-state index is 10.9. The van der Waals surface area contributed by atoms with Gasteiger partial charge in [0, 0.05) is 10.9 Å². The molecule has 0 aromatic heterocycles. The van der Waals surface area contributed by atoms with E-state index in [-0.39, 0.29) is 12.5 Å². The quantitative estimate of drug-likeness (QED) is 0.801. The topological polar surface area (TPSA) is 46.5 Å². The molecule has 0 amide bonds. The lowest BCUT2D eigenvalue weighted by atomic mass is 9.86. The second-order valence-electron chi connectivity index (χ2n) is 3.73. The first-order valence-electron chi connectivity index (χ1n) is 4.74. The van der Waals surface area contributed by atoms with E-state index < -0.39 is 11.9 Å². The molecule has 15 heavy (non-hydrogen) atoms. The molecule has 1 aromatic carbocycles. The van der Waals surface area contributed by atoms with Gasteiger partial charge in [-0.3, -0.25) is 4.79 Å². The Hall–Kier alpha value is -1.22. The number of rotatable bonds is 1. The smallest absolute Gasteiger partial charge is 0.310 e. The van der Waals surface area contributed by atoms with Crippen molar-refractivity contribution in [2.75, 3.05) is 6.61 Å². The monoisotopic (exact) mass is 226 g/mol. The number of hydrogen-bond donors (Lipinski definition) is 1. The van der Waals surface area contributed by atoms with E-state index in [0.717, 1.165) is 11.3 Å². The van der Waals surface area contributed by atoms with Gasteiger partial charge in [0.25, 0.3) is 0 Å². The third-order valence-electron chi connectivity index (χ3n) is 2.80. The minimum Gasteiger partial charge on any atom is -0.492 e. The molecule has 80 valence electrons. The van der Waals surface area contributed by atoms with Crippen LogP contribution in [0.3, 0.4) is 0 Å². The van der Waals surface area contributed by atoms with Gasteiger partial charge in [-0.1, -0.05) is 18.5 Å². The van der Waals surface area contributed by atoms with E-state index in [4.69, 9.17) is 21.4 Å². The molecule has 3 nitrogen and oxygen atoms in total. The maximum Gasteiger partial charge on any atom is 0.310 e. The molecule has 0 bridgehead atoms. The first-order valence-corrected chi connectivity index (χ1v) is 5.12. The fourth-order valence-electron chi connectivity index (χ4n) is 1.83. The van der Waals surface area contributed by atoms with Gasteiger partial charge >= 0.3 is 5.97 Å². The van der Waals surface area contributed by atoms with Crippen LogP contribution in [0.2, 0.25) is 5.02 Å². The average Bonchev–Trinajstić information content (AvgIpc) is 2.19. The summed E-state index contributed by atoms with van der Waals surface area (Å²) in [6.07, 6.45) is 0. The first kappa shape index (κ1) is 10.3. The van der Waals surface area contributed by atoms with Crippen molar-refractivity contribution >= 4 is 17.6 Å². The summed E-state index contributed by atoms with van der Waals surface area (Å²) in [6, 6.07) is 5.30. The van der Waals surface area contributed by atoms with E-state index in [9.17, 15) is 4.79 Å². The number of ether oxygens (including phenoxy) is 1. The number of aliphatic carboxylic acids is 1. The van der Waals surface area contributed by atoms with Crippen LogP contribution in [0.5, 0.6) is 5.75 Å². The molecule has 1 heterocycles. The van der Waals surface area contributed by atoms with Crippen LogP contribution in [0.1, 0.15) is 18.4 Å². The number of carboxylic acid groups (broad SMARTS) is 1. The number of fused-ring (bicyclic) bond motifs is 1. The molecule has 1 aromatic rings. The molecule has 2 atom stereocenters. The second-order valence-corrected chi connectivity index (χ2v) is 4.16. The van der Waals surface area contributed by atoms with Crippen molar-refractivity contribution in [3.63, 3.8) is 0 Å². The first-order chi connectivity index (χ1) is 7.09. The third-order valence-corrected chi connectivity index (χ3v) is 3.04. The Morgan fingerprint density at radius 2 is 2.33 bits per heavy atom. The molecule has 1 aliphatic rings. The molecule has 1 N–H and O–H groups in total. The summed E-state index contributed by atoms with van der Waals surface area (Å²) in [7, 11) is 0. The largest absolute Gasteiger partial charge is 0.492 e. The summed E-state index contributed by atoms with van der Waals surface area (Å²) in [5.74, 6) is -0.640. The van der Waals surface area contributed by atoms with Gasteiger partial charge in [-0.25, -0.2) is 0 Å². The number of carboxylic acids is 1. The van der Waals surface area contributed by atoms with Crippen molar-refractivity contribution in [3.05, 3.63) is 28.8 Å². The zero-order valence-corrected chi connectivity index (χ0v) is 8.99. The molecular weight excluding hydrogens is 216 g/mol. The Bertz CT molecular complexity index is 403. The van der Waals surface area contributed by atoms with Crippen LogP contribution in [-0.2, 0) is 4.79 Å². The number of halogens is 1. The van der Waals surface area contributed by atoms with Crippen molar-refractivity contribution in [1.29, 1.82) is 0 Å². The van der Waals surface area contributed by atoms with Gasteiger partial charge in [-0.05, 0) is 23.8 Å². The van der Waals surface area contributed by atoms with Crippen LogP contribution < -0.4 is 4.74 Å². The van der Waals surface area contributed by atoms with Crippen molar-refractivity contribution in [1.82, 2.24) is 0 Å². The Morgan fingerprint density at radius 3 is 3.00 bits per heavy atom. The lowest BCUT2D eigenvalue weighted by Crippen LogP contribution is -2.30. The number of benzene rings is 1. The van der Waals surface area contributed by atoms with Crippen LogP contribution in [-0.4, -0.2) is 17.7 Å². The molecule has 2 rings (SSSR count). The highest BCUT2D eigenvalue weighted by atomic mass is 35.5. The highest BCUT2D eigenvalue weighted by Crippen LogP contribution is 2.38. The minimum atomic E-state index is -0.826. The Labute approximate surface area is 92.6 Å². The maximum atomic E-state index is 10.9. The Balaban J connectivity index is 2.40. The van der Waals surface area contributed by atoms with Gasteiger partial charge in [0.05, 0.1) is 5.92 Å². The van der Waals surface area contributed by atoms with Crippen LogP contribution in [0.4, 0.5) is 0 Å². The second kappa shape index (κ2) is 3.74. The highest BCUT2D eigenvalue weighted by molar-refractivity contribution is 6.30. The predicted octanol–water partition coefficient (Wildman–Crippen LogP) is 2.54. The average molecular weight is 227 g/mol. The fourth-order valence-corrected chi connectivity index (χ4v) is 2.01. The van der Waals surface area contributed by atoms with Crippen molar-refractivity contribution in [3.8, 4) is 5.75 Å². The summed E-state index contributed by atoms with van der Waals surface area (Å²) < 4.78 is 5.38. The van der Waals surface area contributed by atoms with Gasteiger partial charge in [0.2, 0.25) is 0 Å². The van der Waals surface area contributed by atoms with Gasteiger partial charge < -0.3 is 9.84 Å². The highest BCUT2D eigenvalue weighted by Gasteiger charge is 2.32. The van der Waals surface area contributed by atoms with E-state index >= 15 is 0 Å². The van der Waals surface area contributed by atoms with Crippen LogP contribution in [0.25, 0.3) is 0 Å². The zero-order valence-electron chi connectivity index (χ0n) is 8.24. The summed E-state index contributed by atoms with van der Waals surface area (Å²) in [4.78, 5) is 10.9. The van der Waals surface area contributed by atoms with Crippen molar-refractivity contribution < 1.29 is 14.6 Å². The summed E-state index contributed by atoms with van der Waals surface area (Å²) in [6.45, 7) is 2.11. The lowest BCUT2D eigenvalue weighted by molar-refractivity contribution is -0.144. The Kier molecular flexibility index (Phi) is 2.57. The molecule has 0 aliphatic carbocycles. The van der Waals surface area contributed by atoms with Crippen LogP contribution in [0.15, 0.2) is 18.2 Å². The van der Waals surface area contributed by atoms with Gasteiger partial charge in [0.15, 0.2) is 0 Å². The van der Waals surface area contributed by atoms with Crippen molar-refractivity contribution in [2.24, 2.45) is 5.92 Å². The Morgan fingerprint density at radius 1 is 1.60 bits per heavy atom. The number of hydrogen-bond acceptors (Lipinski definition) is 2. The number of carbonyl (C=O) groups is 1. The molecule has 1 aliphatic heterocycles. The summed E-state index contributed by atoms with van der Waals surface area (Å²) >= 11 is 5.87. The standard InChI is InChI=1S/C11H11ClO3/c1-6-8-4-7(12)2-3-10(8)15-5-9(6)11(13)14/h2-4,6,9H,5H2,1H3,(H,13,14). The SMILES string of the molecule is CC1c2cc(Cl)ccc2OCC1C(=O)O. The molecular formula is C11H11ClO3. The van der Waals surface area contributed by atoms with E-state index in [1.165, 1.54) is 0 Å². The summed E-state index contributed by atoms with van der Waals surface area (Å²) in [5, 5.41) is 9.60. The predicted molar refractivity (Wildman–Crippen MR) is 56.5 cm³/mol. The van der Waals surface area contributed by atoms with E-state index in [1.807, 2.05) is 6.92 Å².